The van der Waals surface area contributed by atoms with Gasteiger partial charge in [0.05, 0.1) is 5.56 Å². The highest BCUT2D eigenvalue weighted by Gasteiger charge is 2.28. The Labute approximate surface area is 158 Å². The number of amides is 3. The minimum atomic E-state index is -0.678. The number of carbonyl (C=O) groups excluding carboxylic acids is 3. The van der Waals surface area contributed by atoms with Crippen molar-refractivity contribution in [3.05, 3.63) is 66.0 Å². The molecule has 0 aliphatic carbocycles. The van der Waals surface area contributed by atoms with Gasteiger partial charge in [-0.2, -0.15) is 0 Å². The summed E-state index contributed by atoms with van der Waals surface area (Å²) in [5.74, 6) is -0.467. The van der Waals surface area contributed by atoms with Gasteiger partial charge in [-0.3, -0.25) is 19.4 Å². The molecule has 0 unspecified atom stereocenters. The highest BCUT2D eigenvalue weighted by atomic mass is 16.2. The fourth-order valence-electron chi connectivity index (χ4n) is 3.06. The van der Waals surface area contributed by atoms with E-state index in [1.807, 2.05) is 30.3 Å². The van der Waals surface area contributed by atoms with Crippen LogP contribution in [0.2, 0.25) is 0 Å². The van der Waals surface area contributed by atoms with Gasteiger partial charge in [0, 0.05) is 45.0 Å². The lowest BCUT2D eigenvalue weighted by molar-refractivity contribution is -0.136. The van der Waals surface area contributed by atoms with Crippen molar-refractivity contribution in [3.63, 3.8) is 0 Å². The minimum absolute atomic E-state index is 0.137. The normalized spacial score (nSPS) is 15.1. The van der Waals surface area contributed by atoms with E-state index >= 15 is 0 Å². The fourth-order valence-corrected chi connectivity index (χ4v) is 3.06. The average Bonchev–Trinajstić information content (AvgIpc) is 2.74. The third kappa shape index (κ3) is 4.91. The van der Waals surface area contributed by atoms with Crippen LogP contribution in [0.3, 0.4) is 0 Å². The van der Waals surface area contributed by atoms with Crippen LogP contribution in [0, 0.1) is 0 Å². The highest BCUT2D eigenvalue weighted by Crippen LogP contribution is 2.10. The second-order valence-electron chi connectivity index (χ2n) is 6.42. The smallest absolute Gasteiger partial charge is 0.253 e. The summed E-state index contributed by atoms with van der Waals surface area (Å²) in [6.45, 7) is 1.94. The Hall–Kier alpha value is -3.22. The van der Waals surface area contributed by atoms with Crippen LogP contribution in [0.5, 0.6) is 0 Å². The van der Waals surface area contributed by atoms with Crippen LogP contribution in [0.4, 0.5) is 0 Å². The van der Waals surface area contributed by atoms with E-state index in [9.17, 15) is 14.4 Å². The first-order valence-corrected chi connectivity index (χ1v) is 8.90. The number of nitrogens with zero attached hydrogens (tertiary/aromatic N) is 3. The number of piperazine rings is 1. The molecule has 2 heterocycles. The predicted molar refractivity (Wildman–Crippen MR) is 99.9 cm³/mol. The molecule has 1 aromatic heterocycles. The highest BCUT2D eigenvalue weighted by molar-refractivity contribution is 5.97. The second-order valence-corrected chi connectivity index (χ2v) is 6.42. The first-order valence-electron chi connectivity index (χ1n) is 8.90. The lowest BCUT2D eigenvalue weighted by Crippen LogP contribution is -2.55. The van der Waals surface area contributed by atoms with Crippen molar-refractivity contribution >= 4 is 18.2 Å². The molecule has 0 saturated carbocycles. The monoisotopic (exact) mass is 366 g/mol. The largest absolute Gasteiger partial charge is 0.342 e. The Morgan fingerprint density at radius 2 is 1.81 bits per heavy atom. The number of aromatic nitrogens is 1. The molecule has 1 N–H and O–H groups in total. The Morgan fingerprint density at radius 1 is 1.07 bits per heavy atom. The van der Waals surface area contributed by atoms with Gasteiger partial charge in [-0.05, 0) is 17.7 Å². The average molecular weight is 366 g/mol. The summed E-state index contributed by atoms with van der Waals surface area (Å²) in [4.78, 5) is 43.8. The van der Waals surface area contributed by atoms with E-state index in [1.54, 1.807) is 28.1 Å². The van der Waals surface area contributed by atoms with Gasteiger partial charge < -0.3 is 15.1 Å². The minimum Gasteiger partial charge on any atom is -0.342 e. The molecule has 140 valence electrons. The molecule has 2 aromatic rings. The maximum atomic E-state index is 13.1. The van der Waals surface area contributed by atoms with Gasteiger partial charge in [0.1, 0.15) is 6.04 Å². The van der Waals surface area contributed by atoms with Crippen LogP contribution in [0.15, 0.2) is 54.9 Å². The van der Waals surface area contributed by atoms with Crippen molar-refractivity contribution in [2.45, 2.75) is 12.5 Å². The molecule has 1 aliphatic rings. The quantitative estimate of drug-likeness (QED) is 0.764. The summed E-state index contributed by atoms with van der Waals surface area (Å²) < 4.78 is 0. The molecular formula is C20H22N4O3. The summed E-state index contributed by atoms with van der Waals surface area (Å²) in [7, 11) is 0. The molecule has 7 nitrogen and oxygen atoms in total. The molecule has 3 rings (SSSR count). The second kappa shape index (κ2) is 8.93. The number of benzene rings is 1. The van der Waals surface area contributed by atoms with Gasteiger partial charge in [0.25, 0.3) is 5.91 Å². The summed E-state index contributed by atoms with van der Waals surface area (Å²) in [5, 5.41) is 2.85. The summed E-state index contributed by atoms with van der Waals surface area (Å²) in [6, 6.07) is 12.2. The van der Waals surface area contributed by atoms with Crippen molar-refractivity contribution in [2.75, 3.05) is 26.2 Å². The standard InChI is InChI=1S/C20H22N4O3/c25-15-23-9-11-24(12-10-23)20(27)18(13-16-5-2-1-3-6-16)22-19(26)17-7-4-8-21-14-17/h1-8,14-15,18H,9-13H2,(H,22,26)/t18-/m1/s1. The van der Waals surface area contributed by atoms with Gasteiger partial charge in [-0.25, -0.2) is 0 Å². The van der Waals surface area contributed by atoms with Crippen LogP contribution in [0.1, 0.15) is 15.9 Å². The van der Waals surface area contributed by atoms with Crippen LogP contribution >= 0.6 is 0 Å². The number of hydrogen-bond donors (Lipinski definition) is 1. The van der Waals surface area contributed by atoms with Crippen LogP contribution in [0.25, 0.3) is 0 Å². The molecule has 0 spiro atoms. The Kier molecular flexibility index (Phi) is 6.14. The summed E-state index contributed by atoms with van der Waals surface area (Å²) >= 11 is 0. The molecule has 3 amide bonds. The molecule has 0 radical (unpaired) electrons. The van der Waals surface area contributed by atoms with E-state index in [4.69, 9.17) is 0 Å². The lowest BCUT2D eigenvalue weighted by atomic mass is 10.0. The van der Waals surface area contributed by atoms with E-state index in [1.165, 1.54) is 6.20 Å². The first kappa shape index (κ1) is 18.6. The van der Waals surface area contributed by atoms with Crippen molar-refractivity contribution in [2.24, 2.45) is 0 Å². The number of nitrogens with one attached hydrogen (secondary N) is 1. The maximum Gasteiger partial charge on any atom is 0.253 e. The third-order valence-corrected chi connectivity index (χ3v) is 4.58. The Morgan fingerprint density at radius 3 is 2.44 bits per heavy atom. The van der Waals surface area contributed by atoms with Gasteiger partial charge in [-0.1, -0.05) is 30.3 Å². The molecule has 1 saturated heterocycles. The number of pyridine rings is 1. The number of carbonyl (C=O) groups is 3. The molecule has 1 fully saturated rings. The first-order chi connectivity index (χ1) is 13.2. The molecule has 0 bridgehead atoms. The van der Waals surface area contributed by atoms with Crippen LogP contribution in [-0.4, -0.2) is 65.2 Å². The van der Waals surface area contributed by atoms with E-state index in [-0.39, 0.29) is 11.8 Å². The molecule has 7 heteroatoms. The Balaban J connectivity index is 1.74. The van der Waals surface area contributed by atoms with E-state index in [0.717, 1.165) is 12.0 Å². The van der Waals surface area contributed by atoms with Gasteiger partial charge >= 0.3 is 0 Å². The fraction of sp³-hybridized carbons (Fsp3) is 0.300. The van der Waals surface area contributed by atoms with Crippen LogP contribution in [-0.2, 0) is 16.0 Å². The zero-order valence-electron chi connectivity index (χ0n) is 15.0. The van der Waals surface area contributed by atoms with Crippen molar-refractivity contribution in [3.8, 4) is 0 Å². The lowest BCUT2D eigenvalue weighted by Gasteiger charge is -2.35. The van der Waals surface area contributed by atoms with E-state index < -0.39 is 6.04 Å². The molecule has 1 aromatic carbocycles. The molecule has 1 atom stereocenters. The number of rotatable bonds is 6. The zero-order valence-corrected chi connectivity index (χ0v) is 15.0. The topological polar surface area (TPSA) is 82.6 Å². The van der Waals surface area contributed by atoms with Crippen LogP contribution < -0.4 is 5.32 Å². The van der Waals surface area contributed by atoms with E-state index in [2.05, 4.69) is 10.3 Å². The maximum absolute atomic E-state index is 13.1. The van der Waals surface area contributed by atoms with Crippen molar-refractivity contribution in [1.82, 2.24) is 20.1 Å². The Bertz CT molecular complexity index is 774. The predicted octanol–water partition coefficient (Wildman–Crippen LogP) is 0.723. The molecule has 1 aliphatic heterocycles. The van der Waals surface area contributed by atoms with Gasteiger partial charge in [-0.15, -0.1) is 0 Å². The molecular weight excluding hydrogens is 344 g/mol. The van der Waals surface area contributed by atoms with Gasteiger partial charge in [0.15, 0.2) is 0 Å². The summed E-state index contributed by atoms with van der Waals surface area (Å²) in [5.41, 5.74) is 1.38. The SMILES string of the molecule is O=CN1CCN(C(=O)[C@@H](Cc2ccccc2)NC(=O)c2cccnc2)CC1. The van der Waals surface area contributed by atoms with Gasteiger partial charge in [0.2, 0.25) is 12.3 Å². The summed E-state index contributed by atoms with van der Waals surface area (Å²) in [6.07, 6.45) is 4.27. The van der Waals surface area contributed by atoms with E-state index in [0.29, 0.717) is 38.2 Å². The van der Waals surface area contributed by atoms with Crippen molar-refractivity contribution in [1.29, 1.82) is 0 Å². The van der Waals surface area contributed by atoms with Crippen molar-refractivity contribution < 1.29 is 14.4 Å². The molecule has 27 heavy (non-hydrogen) atoms. The third-order valence-electron chi connectivity index (χ3n) is 4.58. The number of hydrogen-bond acceptors (Lipinski definition) is 4. The zero-order chi connectivity index (χ0) is 19.1.